The number of carbonyl (C=O) groups excluding carboxylic acids is 1. The number of amides is 1. The lowest BCUT2D eigenvalue weighted by atomic mass is 9.95. The maximum absolute atomic E-state index is 13.8. The Labute approximate surface area is 157 Å². The number of pyridine rings is 1. The summed E-state index contributed by atoms with van der Waals surface area (Å²) in [5, 5.41) is 0. The summed E-state index contributed by atoms with van der Waals surface area (Å²) in [6.07, 6.45) is 8.02. The summed E-state index contributed by atoms with van der Waals surface area (Å²) in [4.78, 5) is 22.6. The molecule has 0 aliphatic carbocycles. The van der Waals surface area contributed by atoms with Crippen molar-refractivity contribution in [3.8, 4) is 0 Å². The number of nitrogens with zero attached hydrogens (tertiary/aromatic N) is 4. The Morgan fingerprint density at radius 3 is 2.63 bits per heavy atom. The molecule has 0 N–H and O–H groups in total. The van der Waals surface area contributed by atoms with Crippen LogP contribution in [0.25, 0.3) is 0 Å². The highest BCUT2D eigenvalue weighted by Crippen LogP contribution is 2.28. The minimum atomic E-state index is -0.567. The molecular formula is C21H21FN4O. The van der Waals surface area contributed by atoms with E-state index < -0.39 is 5.82 Å². The maximum atomic E-state index is 13.8. The molecule has 1 saturated heterocycles. The van der Waals surface area contributed by atoms with Crippen molar-refractivity contribution < 1.29 is 9.18 Å². The fourth-order valence-corrected chi connectivity index (χ4v) is 3.65. The largest absolute Gasteiger partial charge is 0.339 e. The third-order valence-electron chi connectivity index (χ3n) is 5.09. The van der Waals surface area contributed by atoms with Crippen molar-refractivity contribution in [2.45, 2.75) is 25.3 Å². The van der Waals surface area contributed by atoms with Gasteiger partial charge in [0.05, 0.1) is 11.8 Å². The predicted octanol–water partition coefficient (Wildman–Crippen LogP) is 3.49. The van der Waals surface area contributed by atoms with Gasteiger partial charge in [-0.25, -0.2) is 9.37 Å². The van der Waals surface area contributed by atoms with E-state index in [1.165, 1.54) is 17.8 Å². The van der Waals surface area contributed by atoms with E-state index in [1.54, 1.807) is 4.90 Å². The van der Waals surface area contributed by atoms with E-state index >= 15 is 0 Å². The molecule has 1 aliphatic rings. The minimum absolute atomic E-state index is 0.0917. The van der Waals surface area contributed by atoms with Gasteiger partial charge in [0.25, 0.3) is 5.91 Å². The third kappa shape index (κ3) is 3.74. The molecule has 138 valence electrons. The van der Waals surface area contributed by atoms with Crippen molar-refractivity contribution in [2.24, 2.45) is 0 Å². The smallest absolute Gasteiger partial charge is 0.256 e. The molecule has 1 aliphatic heterocycles. The summed E-state index contributed by atoms with van der Waals surface area (Å²) < 4.78 is 16.0. The van der Waals surface area contributed by atoms with Gasteiger partial charge in [0.2, 0.25) is 0 Å². The van der Waals surface area contributed by atoms with Gasteiger partial charge in [-0.3, -0.25) is 9.78 Å². The fraction of sp³-hybridized carbons (Fsp3) is 0.286. The highest BCUT2D eigenvalue weighted by atomic mass is 19.1. The highest BCUT2D eigenvalue weighted by molar-refractivity contribution is 5.94. The molecule has 0 atom stereocenters. The second-order valence-corrected chi connectivity index (χ2v) is 6.82. The Morgan fingerprint density at radius 1 is 1.11 bits per heavy atom. The number of halogens is 1. The lowest BCUT2D eigenvalue weighted by Crippen LogP contribution is -2.38. The van der Waals surface area contributed by atoms with Gasteiger partial charge in [0.15, 0.2) is 5.82 Å². The maximum Gasteiger partial charge on any atom is 0.256 e. The molecule has 3 heterocycles. The van der Waals surface area contributed by atoms with E-state index in [0.29, 0.717) is 19.0 Å². The van der Waals surface area contributed by atoms with E-state index in [0.717, 1.165) is 31.4 Å². The monoisotopic (exact) mass is 364 g/mol. The molecule has 0 radical (unpaired) electrons. The lowest BCUT2D eigenvalue weighted by molar-refractivity contribution is 0.0705. The SMILES string of the molecule is O=C(c1ccncc1F)N1CCC(c2nccn2Cc2ccccc2)CC1. The standard InChI is InChI=1S/C21H21FN4O/c22-19-14-23-9-6-18(19)21(27)25-11-7-17(8-12-25)20-24-10-13-26(20)15-16-4-2-1-3-5-16/h1-6,9-10,13-14,17H,7-8,11-12,15H2. The molecule has 0 bridgehead atoms. The van der Waals surface area contributed by atoms with Crippen LogP contribution >= 0.6 is 0 Å². The Hall–Kier alpha value is -3.02. The van der Waals surface area contributed by atoms with E-state index in [2.05, 4.69) is 26.7 Å². The molecule has 0 spiro atoms. The average Bonchev–Trinajstić information content (AvgIpc) is 3.17. The van der Waals surface area contributed by atoms with Crippen LogP contribution in [0.1, 0.15) is 40.5 Å². The van der Waals surface area contributed by atoms with Crippen molar-refractivity contribution in [3.63, 3.8) is 0 Å². The van der Waals surface area contributed by atoms with Gasteiger partial charge in [-0.2, -0.15) is 0 Å². The molecule has 27 heavy (non-hydrogen) atoms. The Kier molecular flexibility index (Phi) is 4.96. The zero-order valence-electron chi connectivity index (χ0n) is 15.0. The van der Waals surface area contributed by atoms with Crippen molar-refractivity contribution >= 4 is 5.91 Å². The Bertz CT molecular complexity index is 917. The van der Waals surface area contributed by atoms with Crippen LogP contribution in [0.5, 0.6) is 0 Å². The summed E-state index contributed by atoms with van der Waals surface area (Å²) in [5.41, 5.74) is 1.33. The van der Waals surface area contributed by atoms with Gasteiger partial charge in [0.1, 0.15) is 5.82 Å². The normalized spacial score (nSPS) is 15.1. The first-order chi connectivity index (χ1) is 13.2. The number of piperidine rings is 1. The zero-order valence-corrected chi connectivity index (χ0v) is 15.0. The van der Waals surface area contributed by atoms with Crippen LogP contribution in [-0.2, 0) is 6.54 Å². The van der Waals surface area contributed by atoms with E-state index in [9.17, 15) is 9.18 Å². The summed E-state index contributed by atoms with van der Waals surface area (Å²) in [7, 11) is 0. The van der Waals surface area contributed by atoms with Crippen molar-refractivity contribution in [3.05, 3.63) is 84.0 Å². The van der Waals surface area contributed by atoms with Gasteiger partial charge in [-0.05, 0) is 24.5 Å². The van der Waals surface area contributed by atoms with Crippen LogP contribution < -0.4 is 0 Å². The highest BCUT2D eigenvalue weighted by Gasteiger charge is 2.28. The van der Waals surface area contributed by atoms with Crippen LogP contribution in [0.4, 0.5) is 4.39 Å². The molecule has 5 nitrogen and oxygen atoms in total. The predicted molar refractivity (Wildman–Crippen MR) is 99.8 cm³/mol. The van der Waals surface area contributed by atoms with Gasteiger partial charge >= 0.3 is 0 Å². The first-order valence-electron chi connectivity index (χ1n) is 9.16. The third-order valence-corrected chi connectivity index (χ3v) is 5.09. The number of imidazole rings is 1. The number of likely N-dealkylation sites (tertiary alicyclic amines) is 1. The average molecular weight is 364 g/mol. The molecule has 1 fully saturated rings. The molecule has 6 heteroatoms. The quantitative estimate of drug-likeness (QED) is 0.712. The van der Waals surface area contributed by atoms with Crippen LogP contribution in [-0.4, -0.2) is 38.4 Å². The number of benzene rings is 1. The number of hydrogen-bond donors (Lipinski definition) is 0. The van der Waals surface area contributed by atoms with Gasteiger partial charge in [-0.1, -0.05) is 30.3 Å². The molecule has 2 aromatic heterocycles. The first kappa shape index (κ1) is 17.4. The Balaban J connectivity index is 1.42. The number of hydrogen-bond acceptors (Lipinski definition) is 3. The van der Waals surface area contributed by atoms with E-state index in [4.69, 9.17) is 0 Å². The fourth-order valence-electron chi connectivity index (χ4n) is 3.65. The molecule has 4 rings (SSSR count). The number of rotatable bonds is 4. The van der Waals surface area contributed by atoms with Crippen LogP contribution in [0.15, 0.2) is 61.2 Å². The van der Waals surface area contributed by atoms with Gasteiger partial charge in [0, 0.05) is 44.1 Å². The lowest BCUT2D eigenvalue weighted by Gasteiger charge is -2.32. The Morgan fingerprint density at radius 2 is 1.89 bits per heavy atom. The van der Waals surface area contributed by atoms with Crippen LogP contribution in [0.3, 0.4) is 0 Å². The summed E-state index contributed by atoms with van der Waals surface area (Å²) >= 11 is 0. The summed E-state index contributed by atoms with van der Waals surface area (Å²) in [5.74, 6) is 0.528. The summed E-state index contributed by atoms with van der Waals surface area (Å²) in [6.45, 7) is 1.99. The zero-order chi connectivity index (χ0) is 18.6. The van der Waals surface area contributed by atoms with Gasteiger partial charge in [-0.15, -0.1) is 0 Å². The van der Waals surface area contributed by atoms with E-state index in [-0.39, 0.29) is 11.5 Å². The first-order valence-corrected chi connectivity index (χ1v) is 9.16. The topological polar surface area (TPSA) is 51.0 Å². The van der Waals surface area contributed by atoms with Crippen LogP contribution in [0.2, 0.25) is 0 Å². The van der Waals surface area contributed by atoms with Crippen molar-refractivity contribution in [1.29, 1.82) is 0 Å². The van der Waals surface area contributed by atoms with Crippen molar-refractivity contribution in [1.82, 2.24) is 19.4 Å². The number of carbonyl (C=O) groups is 1. The second-order valence-electron chi connectivity index (χ2n) is 6.82. The minimum Gasteiger partial charge on any atom is -0.339 e. The molecular weight excluding hydrogens is 343 g/mol. The number of aromatic nitrogens is 3. The van der Waals surface area contributed by atoms with Crippen LogP contribution in [0, 0.1) is 5.82 Å². The van der Waals surface area contributed by atoms with Crippen molar-refractivity contribution in [2.75, 3.05) is 13.1 Å². The molecule has 0 saturated carbocycles. The molecule has 1 amide bonds. The molecule has 0 unspecified atom stereocenters. The van der Waals surface area contributed by atoms with Gasteiger partial charge < -0.3 is 9.47 Å². The second kappa shape index (κ2) is 7.70. The summed E-state index contributed by atoms with van der Waals surface area (Å²) in [6, 6.07) is 11.7. The molecule has 3 aromatic rings. The van der Waals surface area contributed by atoms with E-state index in [1.807, 2.05) is 30.6 Å². The molecule has 1 aromatic carbocycles.